The van der Waals surface area contributed by atoms with Crippen molar-refractivity contribution in [2.45, 2.75) is 27.2 Å². The summed E-state index contributed by atoms with van der Waals surface area (Å²) in [6.07, 6.45) is 0.979. The lowest BCUT2D eigenvalue weighted by atomic mass is 9.93. The number of imidazole rings is 1. The van der Waals surface area contributed by atoms with E-state index in [2.05, 4.69) is 86.9 Å². The molecule has 0 radical (unpaired) electrons. The first-order valence-electron chi connectivity index (χ1n) is 9.43. The Bertz CT molecular complexity index is 1130. The summed E-state index contributed by atoms with van der Waals surface area (Å²) in [4.78, 5) is 8.43. The fourth-order valence-corrected chi connectivity index (χ4v) is 3.87. The van der Waals surface area contributed by atoms with Gasteiger partial charge < -0.3 is 4.98 Å². The van der Waals surface area contributed by atoms with Crippen LogP contribution in [0.25, 0.3) is 27.7 Å². The van der Waals surface area contributed by atoms with E-state index in [1.54, 1.807) is 0 Å². The number of aryl methyl sites for hydroxylation is 2. The van der Waals surface area contributed by atoms with E-state index in [9.17, 15) is 0 Å². The number of rotatable bonds is 4. The van der Waals surface area contributed by atoms with Crippen LogP contribution in [0.5, 0.6) is 0 Å². The maximum atomic E-state index is 4.92. The van der Waals surface area contributed by atoms with Crippen molar-refractivity contribution >= 4 is 16.6 Å². The van der Waals surface area contributed by atoms with Gasteiger partial charge in [-0.2, -0.15) is 0 Å². The molecule has 0 spiro atoms. The number of nitrogens with one attached hydrogen (secondary N) is 1. The predicted octanol–water partition coefficient (Wildman–Crippen LogP) is 6.47. The largest absolute Gasteiger partial charge is 0.338 e. The highest BCUT2D eigenvalue weighted by molar-refractivity contribution is 5.90. The fourth-order valence-electron chi connectivity index (χ4n) is 3.87. The lowest BCUT2D eigenvalue weighted by Gasteiger charge is -2.12. The molecule has 2 heteroatoms. The van der Waals surface area contributed by atoms with Crippen LogP contribution in [0.2, 0.25) is 0 Å². The van der Waals surface area contributed by atoms with Crippen LogP contribution in [-0.4, -0.2) is 9.97 Å². The molecular weight excluding hydrogens is 328 g/mol. The van der Waals surface area contributed by atoms with Gasteiger partial charge in [0.2, 0.25) is 0 Å². The molecule has 0 unspecified atom stereocenters. The number of aromatic amines is 1. The number of aromatic nitrogens is 2. The summed E-state index contributed by atoms with van der Waals surface area (Å²) >= 11 is 0. The zero-order valence-corrected chi connectivity index (χ0v) is 16.1. The molecule has 1 aromatic heterocycles. The van der Waals surface area contributed by atoms with Crippen molar-refractivity contribution in [3.63, 3.8) is 0 Å². The third-order valence-corrected chi connectivity index (χ3v) is 5.35. The summed E-state index contributed by atoms with van der Waals surface area (Å²) in [5.74, 6) is 0.842. The molecule has 0 aliphatic heterocycles. The second-order valence-corrected chi connectivity index (χ2v) is 7.02. The summed E-state index contributed by atoms with van der Waals surface area (Å²) in [5.41, 5.74) is 10.5. The van der Waals surface area contributed by atoms with E-state index in [-0.39, 0.29) is 0 Å². The molecule has 3 aromatic carbocycles. The van der Waals surface area contributed by atoms with Crippen LogP contribution < -0.4 is 0 Å². The molecule has 0 amide bonds. The lowest BCUT2D eigenvalue weighted by Crippen LogP contribution is -1.94. The molecule has 0 aliphatic rings. The summed E-state index contributed by atoms with van der Waals surface area (Å²) < 4.78 is 0. The Morgan fingerprint density at radius 2 is 1.70 bits per heavy atom. The minimum absolute atomic E-state index is 0.842. The highest BCUT2D eigenvalue weighted by Gasteiger charge is 2.16. The molecule has 134 valence electrons. The molecule has 0 aliphatic carbocycles. The van der Waals surface area contributed by atoms with Crippen molar-refractivity contribution in [2.24, 2.45) is 0 Å². The Hall–Kier alpha value is -3.13. The van der Waals surface area contributed by atoms with Crippen LogP contribution in [0.3, 0.4) is 0 Å². The third-order valence-electron chi connectivity index (χ3n) is 5.35. The average Bonchev–Trinajstić information content (AvgIpc) is 3.13. The first kappa shape index (κ1) is 17.3. The van der Waals surface area contributed by atoms with Gasteiger partial charge >= 0.3 is 0 Å². The van der Waals surface area contributed by atoms with E-state index < -0.39 is 0 Å². The van der Waals surface area contributed by atoms with Crippen LogP contribution in [0.1, 0.15) is 35.0 Å². The van der Waals surface area contributed by atoms with Crippen LogP contribution in [-0.2, 0) is 6.42 Å². The van der Waals surface area contributed by atoms with Gasteiger partial charge in [-0.3, -0.25) is 0 Å². The molecular formula is C25H24N2. The summed E-state index contributed by atoms with van der Waals surface area (Å²) in [6, 6.07) is 21.1. The monoisotopic (exact) mass is 352 g/mol. The number of hydrogen-bond donors (Lipinski definition) is 1. The van der Waals surface area contributed by atoms with Gasteiger partial charge in [0.15, 0.2) is 0 Å². The Kier molecular flexibility index (Phi) is 4.41. The fraction of sp³-hybridized carbons (Fsp3) is 0.160. The third kappa shape index (κ3) is 2.97. The predicted molar refractivity (Wildman–Crippen MR) is 115 cm³/mol. The quantitative estimate of drug-likeness (QED) is 0.448. The maximum Gasteiger partial charge on any atom is 0.138 e. The summed E-state index contributed by atoms with van der Waals surface area (Å²) in [6.45, 7) is 10.8. The summed E-state index contributed by atoms with van der Waals surface area (Å²) in [7, 11) is 0. The van der Waals surface area contributed by atoms with E-state index in [0.717, 1.165) is 34.4 Å². The van der Waals surface area contributed by atoms with E-state index in [4.69, 9.17) is 4.98 Å². The van der Waals surface area contributed by atoms with Crippen molar-refractivity contribution in [1.29, 1.82) is 0 Å². The number of fused-ring (bicyclic) bond motifs is 1. The number of hydrogen-bond acceptors (Lipinski definition) is 1. The minimum atomic E-state index is 0.842. The molecule has 1 N–H and O–H groups in total. The lowest BCUT2D eigenvalue weighted by molar-refractivity contribution is 1.12. The Morgan fingerprint density at radius 1 is 1.00 bits per heavy atom. The van der Waals surface area contributed by atoms with Crippen molar-refractivity contribution in [3.8, 4) is 11.1 Å². The average molecular weight is 352 g/mol. The molecule has 27 heavy (non-hydrogen) atoms. The number of nitrogens with zero attached hydrogens (tertiary/aromatic N) is 1. The van der Waals surface area contributed by atoms with E-state index in [1.807, 2.05) is 6.07 Å². The van der Waals surface area contributed by atoms with E-state index >= 15 is 0 Å². The van der Waals surface area contributed by atoms with Gasteiger partial charge in [-0.15, -0.1) is 0 Å². The van der Waals surface area contributed by atoms with Gasteiger partial charge in [-0.05, 0) is 59.7 Å². The standard InChI is InChI=1S/C25H24N2/c1-5-20-17(3)24-23(15-22(20)19-12-7-6-8-13-19)26-25(27-24)18(4)21-14-10-9-11-16(21)2/h6-15H,4-5H2,1-3H3,(H,26,27). The first-order valence-corrected chi connectivity index (χ1v) is 9.43. The SMILES string of the molecule is C=C(c1nc2c(C)c(CC)c(-c3ccccc3)cc2[nH]1)c1ccccc1C. The van der Waals surface area contributed by atoms with Gasteiger partial charge in [0.05, 0.1) is 11.0 Å². The second-order valence-electron chi connectivity index (χ2n) is 7.02. The molecule has 0 fully saturated rings. The van der Waals surface area contributed by atoms with Crippen LogP contribution in [0.4, 0.5) is 0 Å². The zero-order chi connectivity index (χ0) is 19.0. The van der Waals surface area contributed by atoms with E-state index in [0.29, 0.717) is 0 Å². The Labute approximate surface area is 160 Å². The van der Waals surface area contributed by atoms with Crippen molar-refractivity contribution in [2.75, 3.05) is 0 Å². The van der Waals surface area contributed by atoms with Crippen LogP contribution in [0.15, 0.2) is 67.2 Å². The molecule has 4 aromatic rings. The maximum absolute atomic E-state index is 4.92. The first-order chi connectivity index (χ1) is 13.1. The molecule has 0 saturated heterocycles. The number of H-pyrrole nitrogens is 1. The van der Waals surface area contributed by atoms with Gasteiger partial charge in [-0.1, -0.05) is 68.1 Å². The molecule has 4 rings (SSSR count). The normalized spacial score (nSPS) is 11.1. The van der Waals surface area contributed by atoms with Gasteiger partial charge in [0.25, 0.3) is 0 Å². The van der Waals surface area contributed by atoms with Crippen molar-refractivity contribution in [1.82, 2.24) is 9.97 Å². The molecule has 0 atom stereocenters. The summed E-state index contributed by atoms with van der Waals surface area (Å²) in [5, 5.41) is 0. The second kappa shape index (κ2) is 6.88. The van der Waals surface area contributed by atoms with Crippen LogP contribution in [0, 0.1) is 13.8 Å². The molecule has 0 bridgehead atoms. The highest BCUT2D eigenvalue weighted by atomic mass is 14.9. The van der Waals surface area contributed by atoms with Gasteiger partial charge in [0.1, 0.15) is 5.82 Å². The molecule has 0 saturated carbocycles. The Balaban J connectivity index is 1.89. The molecule has 2 nitrogen and oxygen atoms in total. The van der Waals surface area contributed by atoms with E-state index in [1.165, 1.54) is 27.8 Å². The van der Waals surface area contributed by atoms with Crippen molar-refractivity contribution < 1.29 is 0 Å². The highest BCUT2D eigenvalue weighted by Crippen LogP contribution is 2.33. The number of benzene rings is 3. The minimum Gasteiger partial charge on any atom is -0.338 e. The van der Waals surface area contributed by atoms with Gasteiger partial charge in [0, 0.05) is 5.57 Å². The topological polar surface area (TPSA) is 28.7 Å². The Morgan fingerprint density at radius 3 is 2.41 bits per heavy atom. The molecule has 1 heterocycles. The van der Waals surface area contributed by atoms with Gasteiger partial charge in [-0.25, -0.2) is 4.98 Å². The van der Waals surface area contributed by atoms with Crippen molar-refractivity contribution in [3.05, 3.63) is 95.3 Å². The smallest absolute Gasteiger partial charge is 0.138 e. The zero-order valence-electron chi connectivity index (χ0n) is 16.1. The van der Waals surface area contributed by atoms with Crippen LogP contribution >= 0.6 is 0 Å².